The first kappa shape index (κ1) is 18.2. The van der Waals surface area contributed by atoms with E-state index in [9.17, 15) is 12.8 Å². The lowest BCUT2D eigenvalue weighted by atomic mass is 10.2. The molecule has 0 radical (unpaired) electrons. The zero-order valence-corrected chi connectivity index (χ0v) is 16.1. The Labute approximate surface area is 163 Å². The van der Waals surface area contributed by atoms with E-state index in [4.69, 9.17) is 0 Å². The molecule has 2 aromatic heterocycles. The van der Waals surface area contributed by atoms with Crippen molar-refractivity contribution in [3.8, 4) is 22.0 Å². The van der Waals surface area contributed by atoms with Crippen LogP contribution in [0.15, 0.2) is 58.9 Å². The van der Waals surface area contributed by atoms with E-state index in [-0.39, 0.29) is 10.8 Å². The average Bonchev–Trinajstić information content (AvgIpc) is 3.33. The number of hydrogen-bond donors (Lipinski definition) is 1. The van der Waals surface area contributed by atoms with Crippen LogP contribution in [0.4, 0.5) is 10.1 Å². The molecule has 4 rings (SSSR count). The van der Waals surface area contributed by atoms with Crippen molar-refractivity contribution in [3.05, 3.63) is 59.7 Å². The average molecular weight is 416 g/mol. The first-order valence-electron chi connectivity index (χ1n) is 7.99. The van der Waals surface area contributed by atoms with E-state index in [1.54, 1.807) is 43.4 Å². The summed E-state index contributed by atoms with van der Waals surface area (Å²) in [5, 5.41) is 13.1. The minimum absolute atomic E-state index is 0.0987. The van der Waals surface area contributed by atoms with Gasteiger partial charge in [-0.25, -0.2) is 14.1 Å². The molecule has 2 heterocycles. The fourth-order valence-electron chi connectivity index (χ4n) is 2.48. The predicted molar refractivity (Wildman–Crippen MR) is 103 cm³/mol. The molecule has 0 amide bonds. The molecule has 0 atom stereocenters. The molecule has 0 saturated heterocycles. The number of aryl methyl sites for hydroxylation is 1. The van der Waals surface area contributed by atoms with Crippen LogP contribution in [0.25, 0.3) is 22.0 Å². The van der Waals surface area contributed by atoms with Gasteiger partial charge in [-0.15, -0.1) is 16.4 Å². The number of nitrogens with one attached hydrogen (secondary N) is 1. The Balaban J connectivity index is 1.54. The quantitative estimate of drug-likeness (QED) is 0.537. The van der Waals surface area contributed by atoms with Gasteiger partial charge in [0.1, 0.15) is 10.8 Å². The molecule has 11 heteroatoms. The summed E-state index contributed by atoms with van der Waals surface area (Å²) in [6.07, 6.45) is 0. The molecule has 1 N–H and O–H groups in total. The van der Waals surface area contributed by atoms with Crippen LogP contribution in [0.1, 0.15) is 0 Å². The number of rotatable bonds is 5. The van der Waals surface area contributed by atoms with E-state index < -0.39 is 10.0 Å². The van der Waals surface area contributed by atoms with Gasteiger partial charge < -0.3 is 0 Å². The molecule has 0 aliphatic rings. The third-order valence-electron chi connectivity index (χ3n) is 3.87. The van der Waals surface area contributed by atoms with Crippen LogP contribution in [0.2, 0.25) is 0 Å². The third-order valence-corrected chi connectivity index (χ3v) is 6.17. The molecule has 0 aliphatic heterocycles. The number of hydrogen-bond acceptors (Lipinski definition) is 7. The number of aromatic nitrogens is 5. The Morgan fingerprint density at radius 2 is 1.71 bits per heavy atom. The highest BCUT2D eigenvalue weighted by atomic mass is 32.2. The number of nitrogens with zero attached hydrogens (tertiary/aromatic N) is 5. The maximum atomic E-state index is 13.0. The summed E-state index contributed by atoms with van der Waals surface area (Å²) in [6, 6.07) is 12.4. The summed E-state index contributed by atoms with van der Waals surface area (Å²) < 4.78 is 42.3. The largest absolute Gasteiger partial charge is 0.280 e. The maximum absolute atomic E-state index is 13.0. The highest BCUT2D eigenvalue weighted by Gasteiger charge is 2.19. The summed E-state index contributed by atoms with van der Waals surface area (Å²) in [4.78, 5) is 4.16. The highest BCUT2D eigenvalue weighted by Crippen LogP contribution is 2.27. The predicted octanol–water partition coefficient (Wildman–Crippen LogP) is 2.94. The second-order valence-corrected chi connectivity index (χ2v) is 8.29. The molecule has 8 nitrogen and oxygen atoms in total. The first-order valence-corrected chi connectivity index (χ1v) is 10.4. The topological polar surface area (TPSA) is 103 Å². The van der Waals surface area contributed by atoms with Crippen LogP contribution in [0.3, 0.4) is 0 Å². The molecule has 0 saturated carbocycles. The molecule has 0 fully saturated rings. The summed E-state index contributed by atoms with van der Waals surface area (Å²) in [5.41, 5.74) is 1.78. The molecule has 0 bridgehead atoms. The first-order chi connectivity index (χ1) is 13.4. The standard InChI is InChI=1S/C17H13FN6O2S2/c1-24-16(20-22-23-24)11-4-8-14(9-5-11)21-28(25,26)15-10-27-17(19-15)12-2-6-13(18)7-3-12/h2-10,21H,1H3. The van der Waals surface area contributed by atoms with Crippen LogP contribution < -0.4 is 4.72 Å². The normalized spacial score (nSPS) is 11.5. The van der Waals surface area contributed by atoms with E-state index in [1.807, 2.05) is 0 Å². The van der Waals surface area contributed by atoms with Gasteiger partial charge in [-0.1, -0.05) is 0 Å². The summed E-state index contributed by atoms with van der Waals surface area (Å²) in [7, 11) is -2.14. The van der Waals surface area contributed by atoms with E-state index in [0.29, 0.717) is 22.1 Å². The van der Waals surface area contributed by atoms with Gasteiger partial charge in [0, 0.05) is 29.2 Å². The van der Waals surface area contributed by atoms with Crippen molar-refractivity contribution in [3.63, 3.8) is 0 Å². The van der Waals surface area contributed by atoms with Gasteiger partial charge in [-0.05, 0) is 59.0 Å². The molecule has 0 unspecified atom stereocenters. The minimum Gasteiger partial charge on any atom is -0.278 e. The lowest BCUT2D eigenvalue weighted by Crippen LogP contribution is -2.13. The van der Waals surface area contributed by atoms with Gasteiger partial charge in [0.25, 0.3) is 10.0 Å². The van der Waals surface area contributed by atoms with E-state index in [2.05, 4.69) is 25.2 Å². The molecule has 2 aromatic carbocycles. The van der Waals surface area contributed by atoms with Crippen molar-refractivity contribution in [2.75, 3.05) is 4.72 Å². The van der Waals surface area contributed by atoms with Crippen molar-refractivity contribution < 1.29 is 12.8 Å². The van der Waals surface area contributed by atoms with Crippen LogP contribution in [0.5, 0.6) is 0 Å². The third kappa shape index (κ3) is 3.62. The molecular formula is C17H13FN6O2S2. The lowest BCUT2D eigenvalue weighted by Gasteiger charge is -2.06. The molecule has 142 valence electrons. The molecule has 0 aliphatic carbocycles. The van der Waals surface area contributed by atoms with Crippen molar-refractivity contribution in [1.29, 1.82) is 0 Å². The van der Waals surface area contributed by atoms with Crippen molar-refractivity contribution in [2.45, 2.75) is 5.03 Å². The summed E-state index contributed by atoms with van der Waals surface area (Å²) >= 11 is 1.17. The number of halogens is 1. The Morgan fingerprint density at radius 1 is 1.04 bits per heavy atom. The van der Waals surface area contributed by atoms with Crippen LogP contribution in [-0.4, -0.2) is 33.6 Å². The van der Waals surface area contributed by atoms with Crippen LogP contribution in [-0.2, 0) is 17.1 Å². The van der Waals surface area contributed by atoms with Gasteiger partial charge in [-0.3, -0.25) is 4.72 Å². The summed E-state index contributed by atoms with van der Waals surface area (Å²) in [6.45, 7) is 0. The van der Waals surface area contributed by atoms with Gasteiger partial charge in [0.2, 0.25) is 0 Å². The van der Waals surface area contributed by atoms with Crippen molar-refractivity contribution >= 4 is 27.0 Å². The smallest absolute Gasteiger partial charge is 0.278 e. The van der Waals surface area contributed by atoms with Crippen LogP contribution in [0, 0.1) is 5.82 Å². The minimum atomic E-state index is -3.85. The Morgan fingerprint density at radius 3 is 2.36 bits per heavy atom. The van der Waals surface area contributed by atoms with Gasteiger partial charge in [0.15, 0.2) is 10.9 Å². The Hall–Kier alpha value is -3.18. The molecule has 4 aromatic rings. The SMILES string of the molecule is Cn1nnnc1-c1ccc(NS(=O)(=O)c2csc(-c3ccc(F)cc3)n2)cc1. The van der Waals surface area contributed by atoms with E-state index in [1.165, 1.54) is 33.5 Å². The second-order valence-electron chi connectivity index (χ2n) is 5.81. The number of benzene rings is 2. The van der Waals surface area contributed by atoms with Gasteiger partial charge >= 0.3 is 0 Å². The van der Waals surface area contributed by atoms with Crippen molar-refractivity contribution in [2.24, 2.45) is 7.05 Å². The highest BCUT2D eigenvalue weighted by molar-refractivity contribution is 7.92. The molecular weight excluding hydrogens is 403 g/mol. The molecule has 28 heavy (non-hydrogen) atoms. The fraction of sp³-hybridized carbons (Fsp3) is 0.0588. The Bertz CT molecular complexity index is 1220. The second kappa shape index (κ2) is 7.09. The fourth-order valence-corrected chi connectivity index (χ4v) is 4.64. The van der Waals surface area contributed by atoms with Gasteiger partial charge in [0.05, 0.1) is 0 Å². The summed E-state index contributed by atoms with van der Waals surface area (Å²) in [5.74, 6) is 0.202. The zero-order valence-electron chi connectivity index (χ0n) is 14.4. The number of tetrazole rings is 1. The monoisotopic (exact) mass is 416 g/mol. The van der Waals surface area contributed by atoms with E-state index in [0.717, 1.165) is 5.56 Å². The molecule has 0 spiro atoms. The number of thiazole rings is 1. The lowest BCUT2D eigenvalue weighted by molar-refractivity contribution is 0.598. The van der Waals surface area contributed by atoms with Crippen LogP contribution >= 0.6 is 11.3 Å². The maximum Gasteiger partial charge on any atom is 0.280 e. The Kier molecular flexibility index (Phi) is 4.61. The number of sulfonamides is 1. The van der Waals surface area contributed by atoms with E-state index >= 15 is 0 Å². The zero-order chi connectivity index (χ0) is 19.7. The number of anilines is 1. The van der Waals surface area contributed by atoms with Crippen molar-refractivity contribution in [1.82, 2.24) is 25.2 Å². The van der Waals surface area contributed by atoms with Gasteiger partial charge in [-0.2, -0.15) is 8.42 Å².